The Labute approximate surface area is 193 Å². The first-order valence-electron chi connectivity index (χ1n) is 11.4. The van der Waals surface area contributed by atoms with Crippen molar-refractivity contribution in [2.45, 2.75) is 90.5 Å². The summed E-state index contributed by atoms with van der Waals surface area (Å²) in [5, 5.41) is 8.27. The first kappa shape index (κ1) is 23.7. The van der Waals surface area contributed by atoms with Crippen molar-refractivity contribution in [2.75, 3.05) is 0 Å². The van der Waals surface area contributed by atoms with Crippen molar-refractivity contribution in [3.63, 3.8) is 0 Å². The summed E-state index contributed by atoms with van der Waals surface area (Å²) in [5.74, 6) is 0.537. The summed E-state index contributed by atoms with van der Waals surface area (Å²) in [4.78, 5) is 6.55. The van der Waals surface area contributed by atoms with Crippen LogP contribution >= 0.6 is 12.2 Å². The molecular formula is C26H38N4S. The third kappa shape index (κ3) is 7.01. The molecule has 2 N–H and O–H groups in total. The number of nitrogens with one attached hydrogen (secondary N) is 2. The summed E-state index contributed by atoms with van der Waals surface area (Å²) in [6, 6.07) is 13.4. The molecule has 0 aliphatic carbocycles. The Kier molecular flexibility index (Phi) is 7.38. The van der Waals surface area contributed by atoms with Gasteiger partial charge >= 0.3 is 0 Å². The summed E-state index contributed by atoms with van der Waals surface area (Å²) >= 11 is 5.95. The van der Waals surface area contributed by atoms with Gasteiger partial charge in [-0.05, 0) is 81.4 Å². The van der Waals surface area contributed by atoms with Crippen molar-refractivity contribution in [1.29, 1.82) is 0 Å². The molecule has 1 aliphatic heterocycles. The molecule has 0 amide bonds. The lowest BCUT2D eigenvalue weighted by Gasteiger charge is -2.47. The van der Waals surface area contributed by atoms with Crippen LogP contribution in [0.1, 0.15) is 77.0 Å². The standard InChI is InChI=1S/C26H38N4S/c1-19(2)22-11-9-20(10-12-22)17-30(18-21-8-7-13-27-16-21)24(31)28-23-14-25(3,4)29-26(5,6)15-23/h7-13,16,19,23,29H,14-15,17-18H2,1-6H3,(H,28,31). The van der Waals surface area contributed by atoms with E-state index in [2.05, 4.69) is 92.4 Å². The Hall–Kier alpha value is -1.98. The Morgan fingerprint density at radius 3 is 2.23 bits per heavy atom. The summed E-state index contributed by atoms with van der Waals surface area (Å²) in [5.41, 5.74) is 3.95. The fourth-order valence-electron chi connectivity index (χ4n) is 4.83. The van der Waals surface area contributed by atoms with Crippen LogP contribution < -0.4 is 10.6 Å². The van der Waals surface area contributed by atoms with Crippen LogP contribution in [0.25, 0.3) is 0 Å². The molecule has 1 aromatic carbocycles. The Bertz CT molecular complexity index is 843. The Morgan fingerprint density at radius 2 is 1.68 bits per heavy atom. The smallest absolute Gasteiger partial charge is 0.169 e. The molecule has 2 aromatic rings. The Balaban J connectivity index is 1.76. The van der Waals surface area contributed by atoms with Crippen LogP contribution in [0, 0.1) is 0 Å². The van der Waals surface area contributed by atoms with Crippen LogP contribution in [0.4, 0.5) is 0 Å². The van der Waals surface area contributed by atoms with Gasteiger partial charge in [0.25, 0.3) is 0 Å². The van der Waals surface area contributed by atoms with Gasteiger partial charge in [-0.2, -0.15) is 0 Å². The van der Waals surface area contributed by atoms with E-state index < -0.39 is 0 Å². The first-order valence-corrected chi connectivity index (χ1v) is 11.8. The van der Waals surface area contributed by atoms with Crippen molar-refractivity contribution in [1.82, 2.24) is 20.5 Å². The molecule has 3 rings (SSSR count). The summed E-state index contributed by atoms with van der Waals surface area (Å²) < 4.78 is 0. The highest BCUT2D eigenvalue weighted by Gasteiger charge is 2.38. The number of hydrogen-bond acceptors (Lipinski definition) is 3. The van der Waals surface area contributed by atoms with Crippen molar-refractivity contribution in [2.24, 2.45) is 0 Å². The fourth-order valence-corrected chi connectivity index (χ4v) is 5.13. The number of pyridine rings is 1. The number of benzene rings is 1. The van der Waals surface area contributed by atoms with Crippen LogP contribution in [0.3, 0.4) is 0 Å². The summed E-state index contributed by atoms with van der Waals surface area (Å²) in [7, 11) is 0. The van der Waals surface area contributed by atoms with Crippen LogP contribution in [0.5, 0.6) is 0 Å². The maximum Gasteiger partial charge on any atom is 0.169 e. The lowest BCUT2D eigenvalue weighted by molar-refractivity contribution is 0.153. The van der Waals surface area contributed by atoms with E-state index in [4.69, 9.17) is 12.2 Å². The van der Waals surface area contributed by atoms with Crippen molar-refractivity contribution in [3.05, 3.63) is 65.5 Å². The monoisotopic (exact) mass is 438 g/mol. The van der Waals surface area contributed by atoms with E-state index in [1.807, 2.05) is 18.5 Å². The lowest BCUT2D eigenvalue weighted by Crippen LogP contribution is -2.62. The van der Waals surface area contributed by atoms with Gasteiger partial charge in [-0.1, -0.05) is 44.2 Å². The zero-order valence-corrected chi connectivity index (χ0v) is 20.7. The second-order valence-corrected chi connectivity index (χ2v) is 10.9. The van der Waals surface area contributed by atoms with Crippen LogP contribution in [0.15, 0.2) is 48.8 Å². The zero-order chi connectivity index (χ0) is 22.6. The molecule has 1 aliphatic rings. The molecule has 31 heavy (non-hydrogen) atoms. The van der Waals surface area contributed by atoms with E-state index in [1.54, 1.807) is 0 Å². The van der Waals surface area contributed by atoms with E-state index in [-0.39, 0.29) is 11.1 Å². The molecule has 0 radical (unpaired) electrons. The zero-order valence-electron chi connectivity index (χ0n) is 19.9. The van der Waals surface area contributed by atoms with Crippen LogP contribution in [-0.4, -0.2) is 32.1 Å². The van der Waals surface area contributed by atoms with E-state index in [0.717, 1.165) is 36.6 Å². The van der Waals surface area contributed by atoms with Gasteiger partial charge in [-0.15, -0.1) is 0 Å². The minimum Gasteiger partial charge on any atom is -0.360 e. The van der Waals surface area contributed by atoms with Crippen LogP contribution in [-0.2, 0) is 13.1 Å². The van der Waals surface area contributed by atoms with Gasteiger partial charge in [-0.3, -0.25) is 4.98 Å². The van der Waals surface area contributed by atoms with Crippen molar-refractivity contribution < 1.29 is 0 Å². The normalized spacial score (nSPS) is 18.0. The maximum absolute atomic E-state index is 5.95. The third-order valence-corrected chi connectivity index (χ3v) is 6.30. The van der Waals surface area contributed by atoms with Gasteiger partial charge in [0.05, 0.1) is 0 Å². The molecule has 0 unspecified atom stereocenters. The average Bonchev–Trinajstić information content (AvgIpc) is 2.66. The predicted molar refractivity (Wildman–Crippen MR) is 134 cm³/mol. The fraction of sp³-hybridized carbons (Fsp3) is 0.538. The lowest BCUT2D eigenvalue weighted by atomic mass is 9.80. The molecule has 5 heteroatoms. The predicted octanol–water partition coefficient (Wildman–Crippen LogP) is 5.39. The summed E-state index contributed by atoms with van der Waals surface area (Å²) in [6.07, 6.45) is 5.82. The second kappa shape index (κ2) is 9.66. The minimum atomic E-state index is 0.0793. The molecule has 2 heterocycles. The molecule has 0 saturated carbocycles. The average molecular weight is 439 g/mol. The minimum absolute atomic E-state index is 0.0793. The number of piperidine rings is 1. The molecule has 0 bridgehead atoms. The first-order chi connectivity index (χ1) is 14.5. The number of nitrogens with zero attached hydrogens (tertiary/aromatic N) is 2. The highest BCUT2D eigenvalue weighted by Crippen LogP contribution is 2.28. The molecule has 1 aromatic heterocycles. The SMILES string of the molecule is CC(C)c1ccc(CN(Cc2cccnc2)C(=S)NC2CC(C)(C)NC(C)(C)C2)cc1. The van der Waals surface area contributed by atoms with E-state index >= 15 is 0 Å². The van der Waals surface area contributed by atoms with E-state index in [0.29, 0.717) is 12.0 Å². The molecule has 1 fully saturated rings. The van der Waals surface area contributed by atoms with Crippen molar-refractivity contribution in [3.8, 4) is 0 Å². The van der Waals surface area contributed by atoms with E-state index in [9.17, 15) is 0 Å². The van der Waals surface area contributed by atoms with Gasteiger partial charge in [0.15, 0.2) is 5.11 Å². The number of aromatic nitrogens is 1. The largest absolute Gasteiger partial charge is 0.360 e. The number of thiocarbonyl (C=S) groups is 1. The van der Waals surface area contributed by atoms with Crippen LogP contribution in [0.2, 0.25) is 0 Å². The number of rotatable bonds is 6. The highest BCUT2D eigenvalue weighted by molar-refractivity contribution is 7.80. The highest BCUT2D eigenvalue weighted by atomic mass is 32.1. The molecular weight excluding hydrogens is 400 g/mol. The number of hydrogen-bond donors (Lipinski definition) is 2. The molecule has 168 valence electrons. The van der Waals surface area contributed by atoms with E-state index in [1.165, 1.54) is 11.1 Å². The third-order valence-electron chi connectivity index (χ3n) is 5.92. The van der Waals surface area contributed by atoms with Gasteiger partial charge in [0.2, 0.25) is 0 Å². The Morgan fingerprint density at radius 1 is 1.06 bits per heavy atom. The van der Waals surface area contributed by atoms with Gasteiger partial charge in [0, 0.05) is 42.6 Å². The molecule has 1 saturated heterocycles. The van der Waals surface area contributed by atoms with Gasteiger partial charge in [0.1, 0.15) is 0 Å². The summed E-state index contributed by atoms with van der Waals surface area (Å²) in [6.45, 7) is 15.1. The molecule has 0 spiro atoms. The van der Waals surface area contributed by atoms with Gasteiger partial charge in [-0.25, -0.2) is 0 Å². The van der Waals surface area contributed by atoms with Crippen molar-refractivity contribution >= 4 is 17.3 Å². The quantitative estimate of drug-likeness (QED) is 0.592. The molecule has 4 nitrogen and oxygen atoms in total. The maximum atomic E-state index is 5.95. The molecule has 0 atom stereocenters. The topological polar surface area (TPSA) is 40.2 Å². The van der Waals surface area contributed by atoms with Gasteiger partial charge < -0.3 is 15.5 Å². The second-order valence-electron chi connectivity index (χ2n) is 10.6.